The van der Waals surface area contributed by atoms with Gasteiger partial charge in [-0.05, 0) is 0 Å². The monoisotopic (exact) mass is 174 g/mol. The van der Waals surface area contributed by atoms with Crippen molar-refractivity contribution in [3.63, 3.8) is 0 Å². The molecule has 0 aromatic rings. The van der Waals surface area contributed by atoms with Crippen molar-refractivity contribution in [3.8, 4) is 0 Å². The molecular formula is C8H14O4. The maximum absolute atomic E-state index is 9.27. The number of aliphatic hydroxyl groups excluding tert-OH is 2. The number of aliphatic hydroxyl groups is 2. The van der Waals surface area contributed by atoms with Crippen LogP contribution in [0.25, 0.3) is 0 Å². The van der Waals surface area contributed by atoms with Crippen molar-refractivity contribution in [2.24, 2.45) is 0 Å². The van der Waals surface area contributed by atoms with Crippen molar-refractivity contribution in [3.05, 3.63) is 12.7 Å². The Labute approximate surface area is 71.4 Å². The SMILES string of the molecule is C=CCOC1C[C@H](O)[C@@H](CO)O1. The summed E-state index contributed by atoms with van der Waals surface area (Å²) in [6, 6.07) is 0. The Bertz CT molecular complexity index is 148. The Morgan fingerprint density at radius 2 is 2.42 bits per heavy atom. The van der Waals surface area contributed by atoms with Crippen LogP contribution in [0.4, 0.5) is 0 Å². The molecule has 1 unspecified atom stereocenters. The molecule has 1 saturated heterocycles. The zero-order valence-electron chi connectivity index (χ0n) is 6.85. The van der Waals surface area contributed by atoms with Crippen molar-refractivity contribution < 1.29 is 19.7 Å². The van der Waals surface area contributed by atoms with E-state index in [1.807, 2.05) is 0 Å². The fourth-order valence-corrected chi connectivity index (χ4v) is 1.14. The van der Waals surface area contributed by atoms with E-state index in [9.17, 15) is 5.11 Å². The number of hydrogen-bond donors (Lipinski definition) is 2. The van der Waals surface area contributed by atoms with Gasteiger partial charge in [0.15, 0.2) is 6.29 Å². The molecule has 70 valence electrons. The van der Waals surface area contributed by atoms with Crippen LogP contribution in [0.5, 0.6) is 0 Å². The molecule has 0 aromatic carbocycles. The summed E-state index contributed by atoms with van der Waals surface area (Å²) in [7, 11) is 0. The quantitative estimate of drug-likeness (QED) is 0.572. The number of hydrogen-bond acceptors (Lipinski definition) is 4. The maximum atomic E-state index is 9.27. The molecule has 1 heterocycles. The van der Waals surface area contributed by atoms with Gasteiger partial charge in [-0.3, -0.25) is 0 Å². The first kappa shape index (κ1) is 9.67. The Morgan fingerprint density at radius 1 is 1.67 bits per heavy atom. The molecule has 0 aliphatic carbocycles. The average molecular weight is 174 g/mol. The van der Waals surface area contributed by atoms with Gasteiger partial charge in [0.25, 0.3) is 0 Å². The largest absolute Gasteiger partial charge is 0.394 e. The Hall–Kier alpha value is -0.420. The van der Waals surface area contributed by atoms with Gasteiger partial charge in [-0.2, -0.15) is 0 Å². The molecule has 1 fully saturated rings. The molecule has 0 saturated carbocycles. The average Bonchev–Trinajstić information content (AvgIpc) is 2.43. The first-order valence-corrected chi connectivity index (χ1v) is 3.94. The van der Waals surface area contributed by atoms with Gasteiger partial charge in [0, 0.05) is 6.42 Å². The van der Waals surface area contributed by atoms with Gasteiger partial charge in [-0.25, -0.2) is 0 Å². The van der Waals surface area contributed by atoms with Crippen LogP contribution in [0.2, 0.25) is 0 Å². The van der Waals surface area contributed by atoms with E-state index in [2.05, 4.69) is 6.58 Å². The Kier molecular flexibility index (Phi) is 3.68. The zero-order chi connectivity index (χ0) is 8.97. The predicted molar refractivity (Wildman–Crippen MR) is 42.5 cm³/mol. The minimum atomic E-state index is -0.621. The normalized spacial score (nSPS) is 35.3. The lowest BCUT2D eigenvalue weighted by atomic mass is 10.2. The van der Waals surface area contributed by atoms with Crippen molar-refractivity contribution >= 4 is 0 Å². The van der Waals surface area contributed by atoms with E-state index in [1.165, 1.54) is 0 Å². The van der Waals surface area contributed by atoms with Gasteiger partial charge in [-0.15, -0.1) is 6.58 Å². The molecule has 0 bridgehead atoms. The highest BCUT2D eigenvalue weighted by molar-refractivity contribution is 4.78. The van der Waals surface area contributed by atoms with Crippen molar-refractivity contribution in [2.75, 3.05) is 13.2 Å². The third-order valence-electron chi connectivity index (χ3n) is 1.77. The molecule has 1 aliphatic rings. The molecule has 1 rings (SSSR count). The van der Waals surface area contributed by atoms with E-state index in [0.717, 1.165) is 0 Å². The first-order chi connectivity index (χ1) is 5.77. The Morgan fingerprint density at radius 3 is 2.92 bits per heavy atom. The molecule has 4 heteroatoms. The highest BCUT2D eigenvalue weighted by Gasteiger charge is 2.33. The highest BCUT2D eigenvalue weighted by Crippen LogP contribution is 2.20. The second-order valence-electron chi connectivity index (χ2n) is 2.71. The van der Waals surface area contributed by atoms with Gasteiger partial charge in [0.2, 0.25) is 0 Å². The highest BCUT2D eigenvalue weighted by atomic mass is 16.7. The van der Waals surface area contributed by atoms with Crippen LogP contribution in [-0.2, 0) is 9.47 Å². The third kappa shape index (κ3) is 2.28. The van der Waals surface area contributed by atoms with Crippen LogP contribution in [0.1, 0.15) is 6.42 Å². The summed E-state index contributed by atoms with van der Waals surface area (Å²) in [5, 5.41) is 18.0. The molecular weight excluding hydrogens is 160 g/mol. The second kappa shape index (κ2) is 4.57. The smallest absolute Gasteiger partial charge is 0.161 e. The fourth-order valence-electron chi connectivity index (χ4n) is 1.14. The molecule has 0 radical (unpaired) electrons. The van der Waals surface area contributed by atoms with E-state index in [0.29, 0.717) is 13.0 Å². The van der Waals surface area contributed by atoms with Crippen molar-refractivity contribution in [2.45, 2.75) is 24.9 Å². The van der Waals surface area contributed by atoms with Gasteiger partial charge in [0.1, 0.15) is 6.10 Å². The standard InChI is InChI=1S/C8H14O4/c1-2-3-11-8-4-6(10)7(5-9)12-8/h2,6-10H,1,3-5H2/t6-,7+,8?/m0/s1. The van der Waals surface area contributed by atoms with Crippen LogP contribution in [0, 0.1) is 0 Å². The predicted octanol–water partition coefficient (Wildman–Crippen LogP) is -0.343. The molecule has 0 aromatic heterocycles. The summed E-state index contributed by atoms with van der Waals surface area (Å²) < 4.78 is 10.3. The molecule has 2 N–H and O–H groups in total. The minimum absolute atomic E-state index is 0.172. The summed E-state index contributed by atoms with van der Waals surface area (Å²) >= 11 is 0. The van der Waals surface area contributed by atoms with Crippen LogP contribution in [0.15, 0.2) is 12.7 Å². The lowest BCUT2D eigenvalue weighted by molar-refractivity contribution is -0.136. The lowest BCUT2D eigenvalue weighted by Gasteiger charge is -2.11. The molecule has 3 atom stereocenters. The van der Waals surface area contributed by atoms with Gasteiger partial charge >= 0.3 is 0 Å². The molecule has 12 heavy (non-hydrogen) atoms. The third-order valence-corrected chi connectivity index (χ3v) is 1.77. The lowest BCUT2D eigenvalue weighted by Crippen LogP contribution is -2.24. The van der Waals surface area contributed by atoms with Crippen LogP contribution in [0.3, 0.4) is 0 Å². The molecule has 0 amide bonds. The molecule has 4 nitrogen and oxygen atoms in total. The van der Waals surface area contributed by atoms with Gasteiger partial charge in [0.05, 0.1) is 19.3 Å². The first-order valence-electron chi connectivity index (χ1n) is 3.94. The minimum Gasteiger partial charge on any atom is -0.394 e. The topological polar surface area (TPSA) is 58.9 Å². The van der Waals surface area contributed by atoms with E-state index in [1.54, 1.807) is 6.08 Å². The second-order valence-corrected chi connectivity index (χ2v) is 2.71. The number of rotatable bonds is 4. The zero-order valence-corrected chi connectivity index (χ0v) is 6.85. The summed E-state index contributed by atoms with van der Waals surface area (Å²) in [5.74, 6) is 0. The summed E-state index contributed by atoms with van der Waals surface area (Å²) in [6.07, 6.45) is 0.501. The van der Waals surface area contributed by atoms with Gasteiger partial charge in [-0.1, -0.05) is 6.08 Å². The Balaban J connectivity index is 2.27. The van der Waals surface area contributed by atoms with Gasteiger partial charge < -0.3 is 19.7 Å². The van der Waals surface area contributed by atoms with E-state index < -0.39 is 18.5 Å². The van der Waals surface area contributed by atoms with E-state index >= 15 is 0 Å². The van der Waals surface area contributed by atoms with Crippen LogP contribution < -0.4 is 0 Å². The summed E-state index contributed by atoms with van der Waals surface area (Å²) in [4.78, 5) is 0. The van der Waals surface area contributed by atoms with Crippen LogP contribution >= 0.6 is 0 Å². The van der Waals surface area contributed by atoms with E-state index in [4.69, 9.17) is 14.6 Å². The van der Waals surface area contributed by atoms with Crippen molar-refractivity contribution in [1.29, 1.82) is 0 Å². The van der Waals surface area contributed by atoms with E-state index in [-0.39, 0.29) is 6.61 Å². The van der Waals surface area contributed by atoms with Crippen LogP contribution in [-0.4, -0.2) is 41.9 Å². The fraction of sp³-hybridized carbons (Fsp3) is 0.750. The summed E-state index contributed by atoms with van der Waals surface area (Å²) in [6.45, 7) is 3.71. The number of ether oxygens (including phenoxy) is 2. The van der Waals surface area contributed by atoms with Crippen molar-refractivity contribution in [1.82, 2.24) is 0 Å². The molecule has 0 spiro atoms. The maximum Gasteiger partial charge on any atom is 0.161 e. The summed E-state index contributed by atoms with van der Waals surface area (Å²) in [5.41, 5.74) is 0. The molecule has 1 aliphatic heterocycles.